The molecule has 1 aliphatic carbocycles. The van der Waals surface area contributed by atoms with Gasteiger partial charge in [-0.25, -0.2) is 4.39 Å². The maximum Gasteiger partial charge on any atom is 0.254 e. The van der Waals surface area contributed by atoms with E-state index >= 15 is 4.39 Å². The van der Waals surface area contributed by atoms with Crippen molar-refractivity contribution in [1.82, 2.24) is 15.2 Å². The number of aromatic nitrogens is 1. The number of piperidine rings is 1. The monoisotopic (exact) mass is 486 g/mol. The minimum absolute atomic E-state index is 0.0124. The van der Waals surface area contributed by atoms with Crippen molar-refractivity contribution in [2.45, 2.75) is 62.6 Å². The van der Waals surface area contributed by atoms with Crippen molar-refractivity contribution in [3.63, 3.8) is 0 Å². The van der Waals surface area contributed by atoms with Gasteiger partial charge in [0.05, 0.1) is 29.5 Å². The summed E-state index contributed by atoms with van der Waals surface area (Å²) in [4.78, 5) is 19.8. The molecule has 2 atom stereocenters. The number of aliphatic hydroxyl groups is 1. The molecule has 0 spiro atoms. The largest absolute Gasteiger partial charge is 0.391 e. The molecule has 2 heterocycles. The second-order valence-corrected chi connectivity index (χ2v) is 10.1. The quantitative estimate of drug-likeness (QED) is 0.556. The Kier molecular flexibility index (Phi) is 6.99. The fourth-order valence-corrected chi connectivity index (χ4v) is 5.64. The highest BCUT2D eigenvalue weighted by Gasteiger charge is 2.38. The predicted molar refractivity (Wildman–Crippen MR) is 136 cm³/mol. The zero-order valence-corrected chi connectivity index (χ0v) is 20.3. The third-order valence-electron chi connectivity index (χ3n) is 7.83. The molecule has 0 unspecified atom stereocenters. The number of fused-ring (bicyclic) bond motifs is 1. The fourth-order valence-electron chi connectivity index (χ4n) is 5.64. The number of carbonyl (C=O) groups is 1. The summed E-state index contributed by atoms with van der Waals surface area (Å²) in [6, 6.07) is 16.7. The van der Waals surface area contributed by atoms with E-state index in [1.165, 1.54) is 0 Å². The molecule has 5 rings (SSSR count). The van der Waals surface area contributed by atoms with Gasteiger partial charge in [-0.2, -0.15) is 5.26 Å². The van der Waals surface area contributed by atoms with Crippen LogP contribution in [0.5, 0.6) is 0 Å². The number of halogens is 1. The van der Waals surface area contributed by atoms with Crippen LogP contribution in [0.25, 0.3) is 10.8 Å². The lowest BCUT2D eigenvalue weighted by Gasteiger charge is -2.37. The number of likely N-dealkylation sites (tertiary alicyclic amines) is 1. The first-order valence-electron chi connectivity index (χ1n) is 12.7. The summed E-state index contributed by atoms with van der Waals surface area (Å²) in [6.07, 6.45) is 5.66. The van der Waals surface area contributed by atoms with Crippen molar-refractivity contribution in [2.75, 3.05) is 13.1 Å². The smallest absolute Gasteiger partial charge is 0.254 e. The van der Waals surface area contributed by atoms with E-state index in [2.05, 4.69) is 21.3 Å². The number of nitriles is 1. The minimum Gasteiger partial charge on any atom is -0.391 e. The molecule has 7 heteroatoms. The van der Waals surface area contributed by atoms with Crippen molar-refractivity contribution < 1.29 is 14.3 Å². The standard InChI is InChI=1S/C29H31FN4O2/c30-27-22-8-2-1-7-21(22)20(17-23(27)28(36)33-24-9-3-4-10-25(24)35)18-34-15-12-29(19-31,13-16-34)26-11-5-6-14-32-26/h1-2,5-8,11,14,17,24-25,35H,3-4,9-10,12-13,15-16,18H2,(H,33,36)/t24-,25-/m0/s1. The molecule has 186 valence electrons. The molecule has 2 fully saturated rings. The molecule has 6 nitrogen and oxygen atoms in total. The number of hydrogen-bond donors (Lipinski definition) is 2. The van der Waals surface area contributed by atoms with Crippen molar-refractivity contribution in [3.05, 3.63) is 77.4 Å². The van der Waals surface area contributed by atoms with Crippen LogP contribution in [-0.4, -0.2) is 46.1 Å². The Morgan fingerprint density at radius 3 is 2.56 bits per heavy atom. The van der Waals surface area contributed by atoms with Gasteiger partial charge in [-0.05, 0) is 54.8 Å². The summed E-state index contributed by atoms with van der Waals surface area (Å²) in [5.41, 5.74) is 1.10. The molecule has 2 N–H and O–H groups in total. The Morgan fingerprint density at radius 1 is 1.14 bits per heavy atom. The van der Waals surface area contributed by atoms with Crippen LogP contribution in [0, 0.1) is 17.1 Å². The molecular weight excluding hydrogens is 455 g/mol. The molecule has 1 saturated carbocycles. The number of pyridine rings is 1. The third-order valence-corrected chi connectivity index (χ3v) is 7.83. The highest BCUT2D eigenvalue weighted by atomic mass is 19.1. The summed E-state index contributed by atoms with van der Waals surface area (Å²) in [5, 5.41) is 24.3. The topological polar surface area (TPSA) is 89.2 Å². The van der Waals surface area contributed by atoms with Crippen LogP contribution in [0.2, 0.25) is 0 Å². The van der Waals surface area contributed by atoms with E-state index in [1.54, 1.807) is 24.4 Å². The number of amides is 1. The number of hydrogen-bond acceptors (Lipinski definition) is 5. The van der Waals surface area contributed by atoms with Gasteiger partial charge < -0.3 is 10.4 Å². The van der Waals surface area contributed by atoms with Crippen molar-refractivity contribution in [2.24, 2.45) is 0 Å². The van der Waals surface area contributed by atoms with E-state index < -0.39 is 23.2 Å². The van der Waals surface area contributed by atoms with Crippen LogP contribution in [0.1, 0.15) is 60.1 Å². The van der Waals surface area contributed by atoms with Crippen LogP contribution < -0.4 is 5.32 Å². The normalized spacial score (nSPS) is 22.1. The molecule has 0 radical (unpaired) electrons. The maximum atomic E-state index is 15.5. The molecule has 3 aromatic rings. The summed E-state index contributed by atoms with van der Waals surface area (Å²) < 4.78 is 15.5. The summed E-state index contributed by atoms with van der Waals surface area (Å²) >= 11 is 0. The van der Waals surface area contributed by atoms with Gasteiger partial charge in [-0.15, -0.1) is 0 Å². The summed E-state index contributed by atoms with van der Waals surface area (Å²) in [7, 11) is 0. The van der Waals surface area contributed by atoms with Gasteiger partial charge >= 0.3 is 0 Å². The first-order chi connectivity index (χ1) is 17.5. The Balaban J connectivity index is 1.38. The Bertz CT molecular complexity index is 1280. The number of nitrogens with one attached hydrogen (secondary N) is 1. The number of carbonyl (C=O) groups excluding carboxylic acids is 1. The van der Waals surface area contributed by atoms with Crippen LogP contribution in [0.4, 0.5) is 4.39 Å². The molecular formula is C29H31FN4O2. The van der Waals surface area contributed by atoms with E-state index in [0.29, 0.717) is 50.7 Å². The zero-order chi connectivity index (χ0) is 25.1. The Hall–Kier alpha value is -3.34. The predicted octanol–water partition coefficient (Wildman–Crippen LogP) is 4.46. The first kappa shape index (κ1) is 24.4. The second-order valence-electron chi connectivity index (χ2n) is 10.1. The first-order valence-corrected chi connectivity index (χ1v) is 12.7. The molecule has 36 heavy (non-hydrogen) atoms. The molecule has 1 aliphatic heterocycles. The van der Waals surface area contributed by atoms with E-state index in [9.17, 15) is 15.2 Å². The third kappa shape index (κ3) is 4.71. The second kappa shape index (κ2) is 10.3. The Labute approximate surface area is 210 Å². The Morgan fingerprint density at radius 2 is 1.86 bits per heavy atom. The van der Waals surface area contributed by atoms with Crippen molar-refractivity contribution in [1.29, 1.82) is 5.26 Å². The molecule has 1 saturated heterocycles. The molecule has 1 amide bonds. The number of nitrogens with zero attached hydrogens (tertiary/aromatic N) is 3. The fraction of sp³-hybridized carbons (Fsp3) is 0.414. The van der Waals surface area contributed by atoms with Gasteiger partial charge in [0.25, 0.3) is 5.91 Å². The SMILES string of the molecule is N#CC1(c2ccccn2)CCN(Cc2cc(C(=O)N[C@H]3CCCC[C@@H]3O)c(F)c3ccccc23)CC1. The zero-order valence-electron chi connectivity index (χ0n) is 20.3. The lowest BCUT2D eigenvalue weighted by Crippen LogP contribution is -2.45. The van der Waals surface area contributed by atoms with E-state index in [4.69, 9.17) is 0 Å². The van der Waals surface area contributed by atoms with Crippen LogP contribution in [0.3, 0.4) is 0 Å². The lowest BCUT2D eigenvalue weighted by atomic mass is 9.76. The van der Waals surface area contributed by atoms with Gasteiger partial charge in [0.1, 0.15) is 11.2 Å². The highest BCUT2D eigenvalue weighted by Crippen LogP contribution is 2.35. The molecule has 1 aromatic heterocycles. The minimum atomic E-state index is -0.603. The summed E-state index contributed by atoms with van der Waals surface area (Å²) in [6.45, 7) is 1.95. The lowest BCUT2D eigenvalue weighted by molar-refractivity contribution is 0.0714. The van der Waals surface area contributed by atoms with Gasteiger partial charge in [0.15, 0.2) is 0 Å². The van der Waals surface area contributed by atoms with Crippen LogP contribution in [-0.2, 0) is 12.0 Å². The number of rotatable bonds is 5. The van der Waals surface area contributed by atoms with E-state index in [0.717, 1.165) is 29.5 Å². The van der Waals surface area contributed by atoms with E-state index in [1.807, 2.05) is 30.3 Å². The molecule has 2 aromatic carbocycles. The van der Waals surface area contributed by atoms with Crippen LogP contribution in [0.15, 0.2) is 54.7 Å². The van der Waals surface area contributed by atoms with Gasteiger partial charge in [0.2, 0.25) is 0 Å². The van der Waals surface area contributed by atoms with Gasteiger partial charge in [-0.3, -0.25) is 14.7 Å². The number of aliphatic hydroxyl groups excluding tert-OH is 1. The summed E-state index contributed by atoms with van der Waals surface area (Å²) in [5.74, 6) is -1.02. The molecule has 0 bridgehead atoms. The average molecular weight is 487 g/mol. The van der Waals surface area contributed by atoms with Gasteiger partial charge in [-0.1, -0.05) is 43.2 Å². The van der Waals surface area contributed by atoms with Crippen LogP contribution >= 0.6 is 0 Å². The molecule has 2 aliphatic rings. The number of benzene rings is 2. The van der Waals surface area contributed by atoms with Gasteiger partial charge in [0, 0.05) is 31.2 Å². The highest BCUT2D eigenvalue weighted by molar-refractivity contribution is 6.00. The van der Waals surface area contributed by atoms with E-state index in [-0.39, 0.29) is 11.6 Å². The van der Waals surface area contributed by atoms with Crippen molar-refractivity contribution >= 4 is 16.7 Å². The maximum absolute atomic E-state index is 15.5. The average Bonchev–Trinajstić information content (AvgIpc) is 2.92. The van der Waals surface area contributed by atoms with Crippen molar-refractivity contribution in [3.8, 4) is 6.07 Å².